The van der Waals surface area contributed by atoms with E-state index >= 15 is 0 Å². The van der Waals surface area contributed by atoms with Crippen molar-refractivity contribution in [2.75, 3.05) is 7.11 Å². The monoisotopic (exact) mass is 385 g/mol. The van der Waals surface area contributed by atoms with Crippen LogP contribution in [-0.4, -0.2) is 7.11 Å². The zero-order valence-electron chi connectivity index (χ0n) is 11.7. The number of halogens is 2. The third kappa shape index (κ3) is 2.96. The van der Waals surface area contributed by atoms with Gasteiger partial charge in [-0.05, 0) is 70.8 Å². The van der Waals surface area contributed by atoms with Gasteiger partial charge in [-0.2, -0.15) is 0 Å². The predicted octanol–water partition coefficient (Wildman–Crippen LogP) is 4.10. The van der Waals surface area contributed by atoms with Crippen molar-refractivity contribution in [2.24, 2.45) is 5.73 Å². The van der Waals surface area contributed by atoms with Crippen molar-refractivity contribution in [3.63, 3.8) is 0 Å². The van der Waals surface area contributed by atoms with Gasteiger partial charge in [0, 0.05) is 3.57 Å². The Labute approximate surface area is 132 Å². The third-order valence-electron chi connectivity index (χ3n) is 3.34. The zero-order valence-corrected chi connectivity index (χ0v) is 13.9. The van der Waals surface area contributed by atoms with Gasteiger partial charge >= 0.3 is 0 Å². The van der Waals surface area contributed by atoms with Crippen LogP contribution in [0.4, 0.5) is 4.39 Å². The van der Waals surface area contributed by atoms with Crippen molar-refractivity contribution in [3.05, 3.63) is 62.0 Å². The Morgan fingerprint density at radius 1 is 1.15 bits per heavy atom. The summed E-state index contributed by atoms with van der Waals surface area (Å²) in [6.07, 6.45) is 0. The minimum absolute atomic E-state index is 0.243. The summed E-state index contributed by atoms with van der Waals surface area (Å²) in [6, 6.07) is 8.47. The van der Waals surface area contributed by atoms with Crippen LogP contribution in [0, 0.1) is 23.2 Å². The van der Waals surface area contributed by atoms with Crippen LogP contribution < -0.4 is 10.5 Å². The van der Waals surface area contributed by atoms with E-state index in [4.69, 9.17) is 10.5 Å². The first-order chi connectivity index (χ1) is 9.43. The van der Waals surface area contributed by atoms with E-state index in [1.807, 2.05) is 26.0 Å². The molecular formula is C16H17FINO. The molecule has 2 N–H and O–H groups in total. The molecule has 0 aliphatic carbocycles. The topological polar surface area (TPSA) is 35.2 Å². The Morgan fingerprint density at radius 2 is 1.75 bits per heavy atom. The normalized spacial score (nSPS) is 12.3. The summed E-state index contributed by atoms with van der Waals surface area (Å²) in [6.45, 7) is 4.00. The Bertz CT molecular complexity index is 619. The molecule has 2 rings (SSSR count). The lowest BCUT2D eigenvalue weighted by molar-refractivity contribution is 0.408. The third-order valence-corrected chi connectivity index (χ3v) is 4.28. The zero-order chi connectivity index (χ0) is 14.9. The quantitative estimate of drug-likeness (QED) is 0.808. The molecule has 2 aromatic carbocycles. The highest BCUT2D eigenvalue weighted by Crippen LogP contribution is 2.30. The average molecular weight is 385 g/mol. The molecule has 0 heterocycles. The SMILES string of the molecule is COc1c(C)cc(C(N)c2ccc(F)cc2I)cc1C. The van der Waals surface area contributed by atoms with Gasteiger partial charge in [0.15, 0.2) is 0 Å². The fourth-order valence-corrected chi connectivity index (χ4v) is 3.23. The molecule has 0 fully saturated rings. The maximum absolute atomic E-state index is 13.2. The van der Waals surface area contributed by atoms with Crippen molar-refractivity contribution in [1.29, 1.82) is 0 Å². The second-order valence-electron chi connectivity index (χ2n) is 4.83. The van der Waals surface area contributed by atoms with Gasteiger partial charge in [-0.3, -0.25) is 0 Å². The fraction of sp³-hybridized carbons (Fsp3) is 0.250. The van der Waals surface area contributed by atoms with Crippen LogP contribution in [0.3, 0.4) is 0 Å². The molecule has 0 aliphatic rings. The van der Waals surface area contributed by atoms with Crippen molar-refractivity contribution in [3.8, 4) is 5.75 Å². The Balaban J connectivity index is 2.45. The molecular weight excluding hydrogens is 368 g/mol. The van der Waals surface area contributed by atoms with E-state index in [9.17, 15) is 4.39 Å². The number of hydrogen-bond acceptors (Lipinski definition) is 2. The smallest absolute Gasteiger partial charge is 0.124 e. The molecule has 0 amide bonds. The molecule has 20 heavy (non-hydrogen) atoms. The van der Waals surface area contributed by atoms with Gasteiger partial charge in [-0.25, -0.2) is 4.39 Å². The number of methoxy groups -OCH3 is 1. The van der Waals surface area contributed by atoms with Crippen LogP contribution in [0.2, 0.25) is 0 Å². The van der Waals surface area contributed by atoms with Crippen molar-refractivity contribution >= 4 is 22.6 Å². The predicted molar refractivity (Wildman–Crippen MR) is 87.6 cm³/mol. The van der Waals surface area contributed by atoms with E-state index in [0.29, 0.717) is 0 Å². The van der Waals surface area contributed by atoms with E-state index in [1.165, 1.54) is 12.1 Å². The average Bonchev–Trinajstić information content (AvgIpc) is 2.37. The highest BCUT2D eigenvalue weighted by molar-refractivity contribution is 14.1. The first-order valence-electron chi connectivity index (χ1n) is 6.29. The molecule has 4 heteroatoms. The first-order valence-corrected chi connectivity index (χ1v) is 7.37. The molecule has 1 atom stereocenters. The number of nitrogens with two attached hydrogens (primary N) is 1. The van der Waals surface area contributed by atoms with E-state index in [2.05, 4.69) is 22.6 Å². The Hall–Kier alpha value is -1.14. The van der Waals surface area contributed by atoms with Gasteiger partial charge in [0.05, 0.1) is 13.2 Å². The maximum Gasteiger partial charge on any atom is 0.124 e. The molecule has 0 spiro atoms. The number of hydrogen-bond donors (Lipinski definition) is 1. The molecule has 0 aromatic heterocycles. The van der Waals surface area contributed by atoms with Crippen LogP contribution >= 0.6 is 22.6 Å². The van der Waals surface area contributed by atoms with Crippen LogP contribution in [0.25, 0.3) is 0 Å². The molecule has 0 saturated heterocycles. The lowest BCUT2D eigenvalue weighted by Gasteiger charge is -2.18. The first kappa shape index (κ1) is 15.3. The van der Waals surface area contributed by atoms with Crippen LogP contribution in [0.1, 0.15) is 28.3 Å². The van der Waals surface area contributed by atoms with E-state index < -0.39 is 0 Å². The molecule has 0 radical (unpaired) electrons. The molecule has 0 aliphatic heterocycles. The molecule has 2 nitrogen and oxygen atoms in total. The van der Waals surface area contributed by atoms with E-state index in [1.54, 1.807) is 13.2 Å². The summed E-state index contributed by atoms with van der Waals surface area (Å²) in [5, 5.41) is 0. The Morgan fingerprint density at radius 3 is 2.25 bits per heavy atom. The van der Waals surface area contributed by atoms with Gasteiger partial charge in [-0.15, -0.1) is 0 Å². The molecule has 2 aromatic rings. The highest BCUT2D eigenvalue weighted by Gasteiger charge is 2.15. The lowest BCUT2D eigenvalue weighted by Crippen LogP contribution is -2.14. The highest BCUT2D eigenvalue weighted by atomic mass is 127. The van der Waals surface area contributed by atoms with Crippen LogP contribution in [0.15, 0.2) is 30.3 Å². The van der Waals surface area contributed by atoms with Crippen molar-refractivity contribution < 1.29 is 9.13 Å². The summed E-state index contributed by atoms with van der Waals surface area (Å²) in [5.74, 6) is 0.641. The van der Waals surface area contributed by atoms with Gasteiger partial charge in [0.2, 0.25) is 0 Å². The number of ether oxygens (including phenoxy) is 1. The largest absolute Gasteiger partial charge is 0.496 e. The van der Waals surface area contributed by atoms with Crippen LogP contribution in [-0.2, 0) is 0 Å². The molecule has 0 saturated carbocycles. The van der Waals surface area contributed by atoms with Crippen molar-refractivity contribution in [2.45, 2.75) is 19.9 Å². The van der Waals surface area contributed by atoms with Crippen LogP contribution in [0.5, 0.6) is 5.75 Å². The molecule has 106 valence electrons. The molecule has 0 bridgehead atoms. The summed E-state index contributed by atoms with van der Waals surface area (Å²) >= 11 is 2.11. The minimum Gasteiger partial charge on any atom is -0.496 e. The van der Waals surface area contributed by atoms with Gasteiger partial charge < -0.3 is 10.5 Å². The fourth-order valence-electron chi connectivity index (χ4n) is 2.42. The van der Waals surface area contributed by atoms with Gasteiger partial charge in [0.25, 0.3) is 0 Å². The Kier molecular flexibility index (Phi) is 4.65. The lowest BCUT2D eigenvalue weighted by atomic mass is 9.96. The summed E-state index contributed by atoms with van der Waals surface area (Å²) in [5.41, 5.74) is 10.4. The summed E-state index contributed by atoms with van der Waals surface area (Å²) in [7, 11) is 1.66. The minimum atomic E-state index is -0.272. The number of rotatable bonds is 3. The second kappa shape index (κ2) is 6.10. The van der Waals surface area contributed by atoms with E-state index in [0.717, 1.165) is 31.6 Å². The number of benzene rings is 2. The summed E-state index contributed by atoms with van der Waals surface area (Å²) in [4.78, 5) is 0. The standard InChI is InChI=1S/C16H17FINO/c1-9-6-11(7-10(2)16(9)20-3)15(19)13-5-4-12(17)8-14(13)18/h4-8,15H,19H2,1-3H3. The van der Waals surface area contributed by atoms with Gasteiger partial charge in [-0.1, -0.05) is 18.2 Å². The van der Waals surface area contributed by atoms with Crippen molar-refractivity contribution in [1.82, 2.24) is 0 Å². The van der Waals surface area contributed by atoms with E-state index in [-0.39, 0.29) is 11.9 Å². The maximum atomic E-state index is 13.2. The summed E-state index contributed by atoms with van der Waals surface area (Å²) < 4.78 is 19.4. The number of aryl methyl sites for hydroxylation is 2. The second-order valence-corrected chi connectivity index (χ2v) is 5.99. The van der Waals surface area contributed by atoms with Gasteiger partial charge in [0.1, 0.15) is 11.6 Å². The molecule has 1 unspecified atom stereocenters.